The first-order chi connectivity index (χ1) is 5.38. The molecule has 0 saturated heterocycles. The van der Waals surface area contributed by atoms with E-state index in [2.05, 4.69) is 9.40 Å². The van der Waals surface area contributed by atoms with Crippen molar-refractivity contribution in [1.29, 1.82) is 0 Å². The van der Waals surface area contributed by atoms with E-state index in [1.165, 1.54) is 6.26 Å². The third-order valence-corrected chi connectivity index (χ3v) is 1.45. The first kappa shape index (κ1) is 6.09. The highest BCUT2D eigenvalue weighted by molar-refractivity contribution is 5.75. The van der Waals surface area contributed by atoms with Crippen molar-refractivity contribution in [2.45, 2.75) is 0 Å². The first-order valence-electron chi connectivity index (χ1n) is 3.20. The van der Waals surface area contributed by atoms with E-state index in [-0.39, 0.29) is 5.63 Å². The summed E-state index contributed by atoms with van der Waals surface area (Å²) in [5.74, 6) is 0. The summed E-state index contributed by atoms with van der Waals surface area (Å²) >= 11 is 0. The van der Waals surface area contributed by atoms with E-state index < -0.39 is 0 Å². The normalized spacial score (nSPS) is 10.2. The van der Waals surface area contributed by atoms with E-state index in [4.69, 9.17) is 0 Å². The zero-order chi connectivity index (χ0) is 7.68. The molecule has 2 aromatic rings. The van der Waals surface area contributed by atoms with Gasteiger partial charge in [0.25, 0.3) is 0 Å². The molecule has 2 rings (SSSR count). The topological polar surface area (TPSA) is 43.1 Å². The lowest BCUT2D eigenvalue weighted by Crippen LogP contribution is -1.99. The van der Waals surface area contributed by atoms with Gasteiger partial charge < -0.3 is 4.42 Å². The third kappa shape index (κ3) is 0.902. The molecule has 0 unspecified atom stereocenters. The Labute approximate surface area is 62.3 Å². The molecule has 0 amide bonds. The van der Waals surface area contributed by atoms with Gasteiger partial charge in [-0.1, -0.05) is 6.07 Å². The van der Waals surface area contributed by atoms with Gasteiger partial charge in [0.05, 0.1) is 6.26 Å². The van der Waals surface area contributed by atoms with E-state index >= 15 is 0 Å². The maximum Gasteiger partial charge on any atom is 0.362 e. The van der Waals surface area contributed by atoms with Crippen LogP contribution < -0.4 is 5.63 Å². The fourth-order valence-corrected chi connectivity index (χ4v) is 0.948. The second-order valence-electron chi connectivity index (χ2n) is 2.15. The smallest absolute Gasteiger partial charge is 0.362 e. The Morgan fingerprint density at radius 2 is 2.27 bits per heavy atom. The molecule has 0 aliphatic heterocycles. The monoisotopic (exact) mass is 147 g/mol. The summed E-state index contributed by atoms with van der Waals surface area (Å²) in [4.78, 5) is 14.8. The van der Waals surface area contributed by atoms with E-state index in [1.807, 2.05) is 6.07 Å². The SMILES string of the molecule is O=c1occc2cccnc12. The molecule has 0 N–H and O–H groups in total. The highest BCUT2D eigenvalue weighted by atomic mass is 16.4. The van der Waals surface area contributed by atoms with Gasteiger partial charge >= 0.3 is 5.63 Å². The molecule has 2 aromatic heterocycles. The van der Waals surface area contributed by atoms with E-state index in [0.29, 0.717) is 5.52 Å². The van der Waals surface area contributed by atoms with Gasteiger partial charge in [-0.3, -0.25) is 0 Å². The standard InChI is InChI=1S/C8H5NO2/c10-8-7-6(3-5-11-8)2-1-4-9-7/h1-5H. The van der Waals surface area contributed by atoms with Crippen molar-refractivity contribution in [2.75, 3.05) is 0 Å². The lowest BCUT2D eigenvalue weighted by atomic mass is 10.3. The van der Waals surface area contributed by atoms with Crippen molar-refractivity contribution in [2.24, 2.45) is 0 Å². The van der Waals surface area contributed by atoms with E-state index in [0.717, 1.165) is 5.39 Å². The number of hydrogen-bond acceptors (Lipinski definition) is 3. The lowest BCUT2D eigenvalue weighted by molar-refractivity contribution is 0.518. The molecule has 3 heteroatoms. The molecule has 0 saturated carbocycles. The summed E-state index contributed by atoms with van der Waals surface area (Å²) in [6, 6.07) is 5.31. The number of fused-ring (bicyclic) bond motifs is 1. The molecule has 0 aromatic carbocycles. The molecular formula is C8H5NO2. The van der Waals surface area contributed by atoms with Gasteiger partial charge in [-0.05, 0) is 12.1 Å². The molecule has 54 valence electrons. The maximum atomic E-state index is 10.9. The molecule has 11 heavy (non-hydrogen) atoms. The molecule has 0 fully saturated rings. The highest BCUT2D eigenvalue weighted by Crippen LogP contribution is 2.03. The van der Waals surface area contributed by atoms with Crippen LogP contribution in [-0.2, 0) is 0 Å². The number of aromatic nitrogens is 1. The van der Waals surface area contributed by atoms with Gasteiger partial charge in [-0.15, -0.1) is 0 Å². The van der Waals surface area contributed by atoms with Crippen LogP contribution in [-0.4, -0.2) is 4.98 Å². The van der Waals surface area contributed by atoms with Crippen molar-refractivity contribution < 1.29 is 4.42 Å². The van der Waals surface area contributed by atoms with Crippen LogP contribution >= 0.6 is 0 Å². The summed E-state index contributed by atoms with van der Waals surface area (Å²) in [5.41, 5.74) is -0.00176. The molecule has 0 bridgehead atoms. The molecule has 0 aliphatic carbocycles. The second kappa shape index (κ2) is 2.20. The van der Waals surface area contributed by atoms with Gasteiger partial charge in [0.1, 0.15) is 0 Å². The predicted molar refractivity (Wildman–Crippen MR) is 40.3 cm³/mol. The fraction of sp³-hybridized carbons (Fsp3) is 0. The molecule has 0 spiro atoms. The van der Waals surface area contributed by atoms with Crippen molar-refractivity contribution in [3.63, 3.8) is 0 Å². The van der Waals surface area contributed by atoms with Crippen LogP contribution in [0.1, 0.15) is 0 Å². The number of hydrogen-bond donors (Lipinski definition) is 0. The van der Waals surface area contributed by atoms with Gasteiger partial charge in [-0.25, -0.2) is 9.78 Å². The summed E-state index contributed by atoms with van der Waals surface area (Å²) in [6.07, 6.45) is 2.94. The first-order valence-corrected chi connectivity index (χ1v) is 3.20. The van der Waals surface area contributed by atoms with Crippen LogP contribution in [0.5, 0.6) is 0 Å². The Morgan fingerprint density at radius 3 is 3.09 bits per heavy atom. The quantitative estimate of drug-likeness (QED) is 0.562. The largest absolute Gasteiger partial charge is 0.430 e. The summed E-state index contributed by atoms with van der Waals surface area (Å²) in [7, 11) is 0. The van der Waals surface area contributed by atoms with Crippen molar-refractivity contribution in [1.82, 2.24) is 4.98 Å². The van der Waals surface area contributed by atoms with Crippen molar-refractivity contribution in [3.8, 4) is 0 Å². The molecule has 0 aliphatic rings. The zero-order valence-electron chi connectivity index (χ0n) is 5.65. The lowest BCUT2D eigenvalue weighted by Gasteiger charge is -1.90. The Hall–Kier alpha value is -1.64. The van der Waals surface area contributed by atoms with Gasteiger partial charge in [0, 0.05) is 11.6 Å². The minimum Gasteiger partial charge on any atom is -0.430 e. The highest BCUT2D eigenvalue weighted by Gasteiger charge is 1.96. The fourth-order valence-electron chi connectivity index (χ4n) is 0.948. The van der Waals surface area contributed by atoms with E-state index in [9.17, 15) is 4.79 Å². The minimum atomic E-state index is -0.386. The van der Waals surface area contributed by atoms with Crippen LogP contribution in [0.25, 0.3) is 10.9 Å². The summed E-state index contributed by atoms with van der Waals surface area (Å²) < 4.78 is 4.62. The zero-order valence-corrected chi connectivity index (χ0v) is 5.65. The Balaban J connectivity index is 3.03. The average molecular weight is 147 g/mol. The number of rotatable bonds is 0. The molecule has 0 atom stereocenters. The molecule has 3 nitrogen and oxygen atoms in total. The molecular weight excluding hydrogens is 142 g/mol. The predicted octanol–water partition coefficient (Wildman–Crippen LogP) is 1.19. The van der Waals surface area contributed by atoms with Crippen molar-refractivity contribution in [3.05, 3.63) is 41.1 Å². The molecule has 2 heterocycles. The van der Waals surface area contributed by atoms with Crippen LogP contribution in [0, 0.1) is 0 Å². The van der Waals surface area contributed by atoms with Gasteiger partial charge in [0.2, 0.25) is 0 Å². The summed E-state index contributed by atoms with van der Waals surface area (Å²) in [6.45, 7) is 0. The average Bonchev–Trinajstić information content (AvgIpc) is 2.06. The maximum absolute atomic E-state index is 10.9. The minimum absolute atomic E-state index is 0.384. The van der Waals surface area contributed by atoms with Gasteiger partial charge in [0.15, 0.2) is 5.52 Å². The number of nitrogens with zero attached hydrogens (tertiary/aromatic N) is 1. The second-order valence-corrected chi connectivity index (χ2v) is 2.15. The number of pyridine rings is 1. The van der Waals surface area contributed by atoms with Crippen LogP contribution in [0.4, 0.5) is 0 Å². The van der Waals surface area contributed by atoms with Gasteiger partial charge in [-0.2, -0.15) is 0 Å². The molecule has 0 radical (unpaired) electrons. The van der Waals surface area contributed by atoms with E-state index in [1.54, 1.807) is 18.3 Å². The Morgan fingerprint density at radius 1 is 1.36 bits per heavy atom. The van der Waals surface area contributed by atoms with Crippen LogP contribution in [0.2, 0.25) is 0 Å². The van der Waals surface area contributed by atoms with Crippen LogP contribution in [0.3, 0.4) is 0 Å². The van der Waals surface area contributed by atoms with Crippen LogP contribution in [0.15, 0.2) is 39.9 Å². The van der Waals surface area contributed by atoms with Crippen molar-refractivity contribution >= 4 is 10.9 Å². The third-order valence-electron chi connectivity index (χ3n) is 1.45. The Bertz CT molecular complexity index is 428. The summed E-state index contributed by atoms with van der Waals surface area (Å²) in [5, 5.41) is 0.809. The Kier molecular flexibility index (Phi) is 1.22.